The molecular formula is C15H18BrN3O2. The zero-order valence-corrected chi connectivity index (χ0v) is 13.7. The third-order valence-electron chi connectivity index (χ3n) is 2.83. The molecule has 21 heavy (non-hydrogen) atoms. The van der Waals surface area contributed by atoms with Gasteiger partial charge in [0.15, 0.2) is 6.61 Å². The van der Waals surface area contributed by atoms with Gasteiger partial charge in [-0.05, 0) is 53.0 Å². The van der Waals surface area contributed by atoms with Gasteiger partial charge in [0, 0.05) is 12.7 Å². The predicted molar refractivity (Wildman–Crippen MR) is 84.3 cm³/mol. The molecule has 0 bridgehead atoms. The summed E-state index contributed by atoms with van der Waals surface area (Å²) in [4.78, 5) is 11.7. The lowest BCUT2D eigenvalue weighted by atomic mass is 10.1. The minimum Gasteiger partial charge on any atom is -0.484 e. The summed E-state index contributed by atoms with van der Waals surface area (Å²) in [7, 11) is 0. The molecule has 5 nitrogen and oxygen atoms in total. The van der Waals surface area contributed by atoms with E-state index in [0.29, 0.717) is 13.1 Å². The van der Waals surface area contributed by atoms with Crippen molar-refractivity contribution < 1.29 is 9.53 Å². The Bertz CT molecular complexity index is 605. The van der Waals surface area contributed by atoms with Crippen LogP contribution in [0.4, 0.5) is 0 Å². The maximum absolute atomic E-state index is 11.7. The average Bonchev–Trinajstić information content (AvgIpc) is 2.81. The number of benzene rings is 1. The van der Waals surface area contributed by atoms with Crippen molar-refractivity contribution in [1.82, 2.24) is 15.1 Å². The van der Waals surface area contributed by atoms with Gasteiger partial charge in [-0.1, -0.05) is 6.07 Å². The Labute approximate surface area is 132 Å². The van der Waals surface area contributed by atoms with Crippen LogP contribution in [0.1, 0.15) is 11.1 Å². The number of hydrogen-bond acceptors (Lipinski definition) is 3. The first-order valence-corrected chi connectivity index (χ1v) is 7.48. The average molecular weight is 352 g/mol. The second-order valence-electron chi connectivity index (χ2n) is 4.88. The molecule has 0 unspecified atom stereocenters. The number of carbonyl (C=O) groups is 1. The topological polar surface area (TPSA) is 56.1 Å². The van der Waals surface area contributed by atoms with Gasteiger partial charge in [-0.25, -0.2) is 0 Å². The third-order valence-corrected chi connectivity index (χ3v) is 3.24. The fourth-order valence-electron chi connectivity index (χ4n) is 1.99. The molecule has 2 rings (SSSR count). The van der Waals surface area contributed by atoms with Gasteiger partial charge in [0.05, 0.1) is 17.2 Å². The molecule has 0 saturated heterocycles. The van der Waals surface area contributed by atoms with E-state index in [1.54, 1.807) is 10.9 Å². The fraction of sp³-hybridized carbons (Fsp3) is 0.333. The molecule has 0 radical (unpaired) electrons. The molecule has 1 heterocycles. The summed E-state index contributed by atoms with van der Waals surface area (Å²) in [6.45, 7) is 5.17. The van der Waals surface area contributed by atoms with Crippen molar-refractivity contribution >= 4 is 21.8 Å². The van der Waals surface area contributed by atoms with Gasteiger partial charge in [-0.2, -0.15) is 5.10 Å². The first kappa shape index (κ1) is 15.6. The Morgan fingerprint density at radius 1 is 1.33 bits per heavy atom. The summed E-state index contributed by atoms with van der Waals surface area (Å²) >= 11 is 3.32. The van der Waals surface area contributed by atoms with Crippen LogP contribution in [0, 0.1) is 13.8 Å². The van der Waals surface area contributed by atoms with Gasteiger partial charge < -0.3 is 10.1 Å². The molecule has 1 aromatic heterocycles. The first-order valence-electron chi connectivity index (χ1n) is 6.69. The van der Waals surface area contributed by atoms with E-state index in [-0.39, 0.29) is 12.5 Å². The number of ether oxygens (including phenoxy) is 1. The molecule has 6 heteroatoms. The highest BCUT2D eigenvalue weighted by molar-refractivity contribution is 9.10. The lowest BCUT2D eigenvalue weighted by Crippen LogP contribution is -2.31. The molecule has 0 saturated carbocycles. The van der Waals surface area contributed by atoms with Crippen molar-refractivity contribution in [3.63, 3.8) is 0 Å². The van der Waals surface area contributed by atoms with Crippen LogP contribution in [0.25, 0.3) is 0 Å². The number of rotatable bonds is 6. The van der Waals surface area contributed by atoms with Crippen molar-refractivity contribution in [2.75, 3.05) is 13.2 Å². The fourth-order valence-corrected chi connectivity index (χ4v) is 2.31. The predicted octanol–water partition coefficient (Wildman–Crippen LogP) is 2.46. The molecule has 0 fully saturated rings. The highest BCUT2D eigenvalue weighted by atomic mass is 79.9. The largest absolute Gasteiger partial charge is 0.484 e. The summed E-state index contributed by atoms with van der Waals surface area (Å²) < 4.78 is 8.18. The molecule has 0 aliphatic carbocycles. The monoisotopic (exact) mass is 351 g/mol. The van der Waals surface area contributed by atoms with Crippen LogP contribution >= 0.6 is 15.9 Å². The number of amides is 1. The van der Waals surface area contributed by atoms with E-state index in [0.717, 1.165) is 21.3 Å². The van der Waals surface area contributed by atoms with E-state index in [2.05, 4.69) is 32.4 Å². The van der Waals surface area contributed by atoms with Gasteiger partial charge in [0.1, 0.15) is 5.75 Å². The Balaban J connectivity index is 1.72. The zero-order valence-electron chi connectivity index (χ0n) is 12.1. The number of aromatic nitrogens is 2. The minimum atomic E-state index is -0.139. The van der Waals surface area contributed by atoms with Crippen molar-refractivity contribution in [2.24, 2.45) is 0 Å². The van der Waals surface area contributed by atoms with Gasteiger partial charge >= 0.3 is 0 Å². The van der Waals surface area contributed by atoms with Crippen LogP contribution in [0.15, 0.2) is 35.1 Å². The van der Waals surface area contributed by atoms with Crippen molar-refractivity contribution in [2.45, 2.75) is 20.4 Å². The molecule has 0 aliphatic rings. The lowest BCUT2D eigenvalue weighted by molar-refractivity contribution is -0.123. The summed E-state index contributed by atoms with van der Waals surface area (Å²) in [6.07, 6.45) is 3.57. The quantitative estimate of drug-likeness (QED) is 0.869. The number of aryl methyl sites for hydroxylation is 2. The van der Waals surface area contributed by atoms with Crippen molar-refractivity contribution in [3.05, 3.63) is 46.2 Å². The molecular weight excluding hydrogens is 334 g/mol. The maximum atomic E-state index is 11.7. The summed E-state index contributed by atoms with van der Waals surface area (Å²) in [6, 6.07) is 5.90. The van der Waals surface area contributed by atoms with Crippen LogP contribution in [0.3, 0.4) is 0 Å². The molecule has 1 N–H and O–H groups in total. The van der Waals surface area contributed by atoms with E-state index in [1.165, 1.54) is 0 Å². The Hall–Kier alpha value is -1.82. The SMILES string of the molecule is Cc1cc(C)cc(OCC(=O)NCCn2cc(Br)cn2)c1. The molecule has 2 aromatic rings. The van der Waals surface area contributed by atoms with Crippen molar-refractivity contribution in [3.8, 4) is 5.75 Å². The number of carbonyl (C=O) groups excluding carboxylic acids is 1. The van der Waals surface area contributed by atoms with Crippen LogP contribution < -0.4 is 10.1 Å². The van der Waals surface area contributed by atoms with E-state index in [9.17, 15) is 4.79 Å². The lowest BCUT2D eigenvalue weighted by Gasteiger charge is -2.09. The van der Waals surface area contributed by atoms with Gasteiger partial charge in [0.2, 0.25) is 0 Å². The summed E-state index contributed by atoms with van der Waals surface area (Å²) in [5.74, 6) is 0.582. The smallest absolute Gasteiger partial charge is 0.258 e. The molecule has 1 amide bonds. The minimum absolute atomic E-state index is 0.0195. The van der Waals surface area contributed by atoms with Crippen LogP contribution in [-0.2, 0) is 11.3 Å². The normalized spacial score (nSPS) is 10.4. The van der Waals surface area contributed by atoms with Crippen LogP contribution in [0.5, 0.6) is 5.75 Å². The zero-order chi connectivity index (χ0) is 15.2. The highest BCUT2D eigenvalue weighted by Gasteiger charge is 2.04. The number of nitrogens with zero attached hydrogens (tertiary/aromatic N) is 2. The first-order chi connectivity index (χ1) is 10.0. The number of hydrogen-bond donors (Lipinski definition) is 1. The highest BCUT2D eigenvalue weighted by Crippen LogP contribution is 2.15. The second-order valence-corrected chi connectivity index (χ2v) is 5.80. The van der Waals surface area contributed by atoms with Gasteiger partial charge in [0.25, 0.3) is 5.91 Å². The molecule has 0 spiro atoms. The van der Waals surface area contributed by atoms with Crippen LogP contribution in [0.2, 0.25) is 0 Å². The van der Waals surface area contributed by atoms with Gasteiger partial charge in [-0.15, -0.1) is 0 Å². The van der Waals surface area contributed by atoms with Gasteiger partial charge in [-0.3, -0.25) is 9.48 Å². The molecule has 1 aromatic carbocycles. The van der Waals surface area contributed by atoms with E-state index >= 15 is 0 Å². The van der Waals surface area contributed by atoms with Crippen molar-refractivity contribution in [1.29, 1.82) is 0 Å². The summed E-state index contributed by atoms with van der Waals surface area (Å²) in [5, 5.41) is 6.91. The number of halogens is 1. The Morgan fingerprint density at radius 2 is 2.05 bits per heavy atom. The molecule has 0 aliphatic heterocycles. The standard InChI is InChI=1S/C15H18BrN3O2/c1-11-5-12(2)7-14(6-11)21-10-15(20)17-3-4-19-9-13(16)8-18-19/h5-9H,3-4,10H2,1-2H3,(H,17,20). The second kappa shape index (κ2) is 7.26. The maximum Gasteiger partial charge on any atom is 0.258 e. The van der Waals surface area contributed by atoms with E-state index < -0.39 is 0 Å². The Kier molecular flexibility index (Phi) is 5.38. The van der Waals surface area contributed by atoms with Crippen LogP contribution in [-0.4, -0.2) is 28.8 Å². The van der Waals surface area contributed by atoms with E-state index in [4.69, 9.17) is 4.74 Å². The Morgan fingerprint density at radius 3 is 2.67 bits per heavy atom. The summed E-state index contributed by atoms with van der Waals surface area (Å²) in [5.41, 5.74) is 2.24. The molecule has 0 atom stereocenters. The number of nitrogens with one attached hydrogen (secondary N) is 1. The molecule has 112 valence electrons. The third kappa shape index (κ3) is 5.23. The van der Waals surface area contributed by atoms with E-state index in [1.807, 2.05) is 32.2 Å².